The molecule has 0 aliphatic carbocycles. The maximum Gasteiger partial charge on any atom is 0.416 e. The SMILES string of the molecule is CC(C)Nc1c(C#N)cnn1-c1ccc(C(F)(F)F)cc1Cl.CCC(C)Nc1c(C#N)cnn1-c1ccc(C(F)(F)F)cc1Cl. The summed E-state index contributed by atoms with van der Waals surface area (Å²) in [4.78, 5) is 0. The monoisotopic (exact) mass is 670 g/mol. The van der Waals surface area contributed by atoms with Crippen LogP contribution in [0.5, 0.6) is 0 Å². The lowest BCUT2D eigenvalue weighted by atomic mass is 10.2. The smallest absolute Gasteiger partial charge is 0.367 e. The predicted molar refractivity (Wildman–Crippen MR) is 159 cm³/mol. The van der Waals surface area contributed by atoms with Crippen molar-refractivity contribution in [2.45, 2.75) is 58.6 Å². The molecule has 0 aliphatic rings. The van der Waals surface area contributed by atoms with Gasteiger partial charge in [-0.3, -0.25) is 0 Å². The lowest BCUT2D eigenvalue weighted by molar-refractivity contribution is -0.138. The van der Waals surface area contributed by atoms with Gasteiger partial charge in [-0.05, 0) is 63.6 Å². The third-order valence-corrected chi connectivity index (χ3v) is 6.81. The van der Waals surface area contributed by atoms with Crippen LogP contribution in [0, 0.1) is 22.7 Å². The normalized spacial score (nSPS) is 12.2. The molecule has 1 atom stereocenters. The minimum atomic E-state index is -4.47. The van der Waals surface area contributed by atoms with Crippen molar-refractivity contribution >= 4 is 34.8 Å². The van der Waals surface area contributed by atoms with E-state index >= 15 is 0 Å². The highest BCUT2D eigenvalue weighted by atomic mass is 35.5. The Labute approximate surface area is 264 Å². The number of alkyl halides is 6. The predicted octanol–water partition coefficient (Wildman–Crippen LogP) is 8.86. The second kappa shape index (κ2) is 14.1. The second-order valence-electron chi connectivity index (χ2n) is 9.94. The number of nitrogens with one attached hydrogen (secondary N) is 2. The summed E-state index contributed by atoms with van der Waals surface area (Å²) in [5, 5.41) is 32.3. The molecule has 8 nitrogen and oxygen atoms in total. The quantitative estimate of drug-likeness (QED) is 0.190. The molecule has 2 N–H and O–H groups in total. The highest BCUT2D eigenvalue weighted by molar-refractivity contribution is 6.32. The van der Waals surface area contributed by atoms with Crippen LogP contribution < -0.4 is 10.6 Å². The maximum atomic E-state index is 12.7. The summed E-state index contributed by atoms with van der Waals surface area (Å²) in [6, 6.07) is 10.1. The van der Waals surface area contributed by atoms with Gasteiger partial charge in [0.15, 0.2) is 0 Å². The van der Waals surface area contributed by atoms with Crippen molar-refractivity contribution in [3.63, 3.8) is 0 Å². The number of nitriles is 2. The van der Waals surface area contributed by atoms with Gasteiger partial charge in [-0.2, -0.15) is 47.1 Å². The fraction of sp³-hybridized carbons (Fsp3) is 0.310. The molecular weight excluding hydrogens is 645 g/mol. The first-order valence-corrected chi connectivity index (χ1v) is 14.0. The highest BCUT2D eigenvalue weighted by Crippen LogP contribution is 2.35. The molecule has 45 heavy (non-hydrogen) atoms. The number of benzene rings is 2. The van der Waals surface area contributed by atoms with Gasteiger partial charge >= 0.3 is 12.4 Å². The van der Waals surface area contributed by atoms with Gasteiger partial charge in [-0.1, -0.05) is 30.1 Å². The van der Waals surface area contributed by atoms with E-state index in [1.165, 1.54) is 33.9 Å². The fourth-order valence-electron chi connectivity index (χ4n) is 3.82. The van der Waals surface area contributed by atoms with Crippen LogP contribution in [0.3, 0.4) is 0 Å². The van der Waals surface area contributed by atoms with Crippen LogP contribution in [-0.2, 0) is 12.4 Å². The molecule has 0 bridgehead atoms. The zero-order chi connectivity index (χ0) is 33.7. The Morgan fingerprint density at radius 3 is 1.47 bits per heavy atom. The zero-order valence-corrected chi connectivity index (χ0v) is 25.7. The van der Waals surface area contributed by atoms with Gasteiger partial charge in [-0.25, -0.2) is 9.36 Å². The van der Waals surface area contributed by atoms with E-state index in [9.17, 15) is 26.3 Å². The van der Waals surface area contributed by atoms with Crippen LogP contribution in [0.4, 0.5) is 38.0 Å². The molecule has 2 aromatic carbocycles. The van der Waals surface area contributed by atoms with E-state index in [-0.39, 0.29) is 39.1 Å². The van der Waals surface area contributed by atoms with E-state index in [0.717, 1.165) is 30.7 Å². The Hall–Kier alpha value is -4.40. The molecule has 16 heteroatoms. The summed E-state index contributed by atoms with van der Waals surface area (Å²) in [7, 11) is 0. The molecule has 2 aromatic heterocycles. The van der Waals surface area contributed by atoms with Crippen molar-refractivity contribution in [3.8, 4) is 23.5 Å². The second-order valence-corrected chi connectivity index (χ2v) is 10.8. The average molecular weight is 671 g/mol. The van der Waals surface area contributed by atoms with Gasteiger partial charge < -0.3 is 10.6 Å². The lowest BCUT2D eigenvalue weighted by Crippen LogP contribution is -2.17. The third kappa shape index (κ3) is 8.41. The Bertz CT molecular complexity index is 1730. The van der Waals surface area contributed by atoms with Crippen molar-refractivity contribution in [3.05, 3.63) is 81.1 Å². The van der Waals surface area contributed by atoms with E-state index in [0.29, 0.717) is 17.2 Å². The topological polar surface area (TPSA) is 107 Å². The third-order valence-electron chi connectivity index (χ3n) is 6.21. The number of hydrogen-bond acceptors (Lipinski definition) is 6. The van der Waals surface area contributed by atoms with Crippen LogP contribution in [-0.4, -0.2) is 31.6 Å². The summed E-state index contributed by atoms with van der Waals surface area (Å²) >= 11 is 12.0. The standard InChI is InChI=1S/C15H14ClF3N4.C14H12ClF3N4/c1-3-9(2)22-14-10(7-20)8-21-23(14)13-5-4-11(6-12(13)16)15(17,18)19;1-8(2)21-13-9(6-19)7-20-22(13)12-4-3-10(5-11(12)15)14(16,17)18/h4-6,8-9,22H,3H2,1-2H3;3-5,7-8,21H,1-2H3. The zero-order valence-electron chi connectivity index (χ0n) is 24.2. The van der Waals surface area contributed by atoms with Crippen molar-refractivity contribution < 1.29 is 26.3 Å². The number of halogens is 8. The molecule has 2 heterocycles. The van der Waals surface area contributed by atoms with Gasteiger partial charge in [0.1, 0.15) is 34.9 Å². The largest absolute Gasteiger partial charge is 0.416 e. The number of aromatic nitrogens is 4. The van der Waals surface area contributed by atoms with Crippen LogP contribution in [0.1, 0.15) is 56.4 Å². The van der Waals surface area contributed by atoms with E-state index in [1.54, 1.807) is 0 Å². The lowest BCUT2D eigenvalue weighted by Gasteiger charge is -2.16. The average Bonchev–Trinajstić information content (AvgIpc) is 3.55. The molecule has 0 saturated heterocycles. The summed E-state index contributed by atoms with van der Waals surface area (Å²) in [6.07, 6.45) is -5.46. The highest BCUT2D eigenvalue weighted by Gasteiger charge is 2.32. The number of rotatable bonds is 7. The first-order valence-electron chi connectivity index (χ1n) is 13.2. The molecule has 238 valence electrons. The van der Waals surface area contributed by atoms with E-state index in [1.807, 2.05) is 39.8 Å². The number of anilines is 2. The fourth-order valence-corrected chi connectivity index (χ4v) is 4.34. The van der Waals surface area contributed by atoms with E-state index in [2.05, 4.69) is 20.8 Å². The Morgan fingerprint density at radius 2 is 1.16 bits per heavy atom. The molecule has 1 unspecified atom stereocenters. The van der Waals surface area contributed by atoms with Crippen molar-refractivity contribution in [1.29, 1.82) is 10.5 Å². The summed E-state index contributed by atoms with van der Waals surface area (Å²) < 4.78 is 78.9. The minimum absolute atomic E-state index is 0.00998. The molecule has 0 fully saturated rings. The molecule has 4 rings (SSSR count). The van der Waals surface area contributed by atoms with Crippen molar-refractivity contribution in [1.82, 2.24) is 19.6 Å². The molecule has 0 saturated carbocycles. The number of nitrogens with zero attached hydrogens (tertiary/aromatic N) is 6. The Balaban J connectivity index is 0.000000246. The van der Waals surface area contributed by atoms with Crippen LogP contribution in [0.25, 0.3) is 11.4 Å². The van der Waals surface area contributed by atoms with E-state index in [4.69, 9.17) is 33.7 Å². The van der Waals surface area contributed by atoms with Crippen LogP contribution in [0.15, 0.2) is 48.8 Å². The van der Waals surface area contributed by atoms with Gasteiger partial charge in [0.2, 0.25) is 0 Å². The van der Waals surface area contributed by atoms with Gasteiger partial charge in [-0.15, -0.1) is 0 Å². The van der Waals surface area contributed by atoms with Crippen molar-refractivity contribution in [2.24, 2.45) is 0 Å². The molecule has 0 amide bonds. The minimum Gasteiger partial charge on any atom is -0.367 e. The molecular formula is C29H26Cl2F6N8. The first kappa shape index (κ1) is 35.1. The summed E-state index contributed by atoms with van der Waals surface area (Å²) in [5.41, 5.74) is -0.570. The maximum absolute atomic E-state index is 12.7. The first-order chi connectivity index (χ1) is 21.0. The summed E-state index contributed by atoms with van der Waals surface area (Å²) in [5.74, 6) is 0.794. The van der Waals surface area contributed by atoms with Gasteiger partial charge in [0.25, 0.3) is 0 Å². The van der Waals surface area contributed by atoms with Gasteiger partial charge in [0, 0.05) is 12.1 Å². The van der Waals surface area contributed by atoms with Crippen LogP contribution >= 0.6 is 23.2 Å². The van der Waals surface area contributed by atoms with E-state index < -0.39 is 23.5 Å². The Morgan fingerprint density at radius 1 is 0.756 bits per heavy atom. The van der Waals surface area contributed by atoms with Gasteiger partial charge in [0.05, 0.1) is 44.9 Å². The molecule has 4 aromatic rings. The van der Waals surface area contributed by atoms with Crippen LogP contribution in [0.2, 0.25) is 10.0 Å². The Kier molecular flexibility index (Phi) is 11.0. The summed E-state index contributed by atoms with van der Waals surface area (Å²) in [6.45, 7) is 7.63. The number of hydrogen-bond donors (Lipinski definition) is 2. The molecule has 0 spiro atoms. The van der Waals surface area contributed by atoms with Crippen molar-refractivity contribution in [2.75, 3.05) is 10.6 Å². The molecule has 0 aliphatic heterocycles. The molecule has 0 radical (unpaired) electrons.